The van der Waals surface area contributed by atoms with Crippen LogP contribution in [0.5, 0.6) is 5.88 Å². The van der Waals surface area contributed by atoms with Crippen LogP contribution in [0.15, 0.2) is 48.5 Å². The zero-order chi connectivity index (χ0) is 29.5. The molecule has 218 valence electrons. The van der Waals surface area contributed by atoms with Crippen LogP contribution in [-0.2, 0) is 26.6 Å². The summed E-state index contributed by atoms with van der Waals surface area (Å²) in [6.45, 7) is 5.17. The second kappa shape index (κ2) is 11.5. The third-order valence-electron chi connectivity index (χ3n) is 8.24. The molecule has 0 aliphatic carbocycles. The number of amides is 1. The Bertz CT molecular complexity index is 1670. The summed E-state index contributed by atoms with van der Waals surface area (Å²) in [5.74, 6) is 0.609. The minimum absolute atomic E-state index is 0.296. The first-order chi connectivity index (χ1) is 20.2. The summed E-state index contributed by atoms with van der Waals surface area (Å²) in [5.41, 5.74) is 7.93. The third kappa shape index (κ3) is 5.28. The Morgan fingerprint density at radius 1 is 1.07 bits per heavy atom. The van der Waals surface area contributed by atoms with E-state index in [-0.39, 0.29) is 5.91 Å². The summed E-state index contributed by atoms with van der Waals surface area (Å²) in [5, 5.41) is 3.44. The highest BCUT2D eigenvalue weighted by Gasteiger charge is 2.27. The zero-order valence-corrected chi connectivity index (χ0v) is 25.0. The van der Waals surface area contributed by atoms with Gasteiger partial charge in [0.2, 0.25) is 5.88 Å². The lowest BCUT2D eigenvalue weighted by Gasteiger charge is -2.34. The number of aromatic nitrogens is 3. The molecule has 2 aromatic heterocycles. The van der Waals surface area contributed by atoms with E-state index in [2.05, 4.69) is 22.2 Å². The molecule has 8 nitrogen and oxygen atoms in total. The summed E-state index contributed by atoms with van der Waals surface area (Å²) < 4.78 is 20.8. The molecule has 2 aliphatic heterocycles. The molecule has 1 fully saturated rings. The topological polar surface area (TPSA) is 75.5 Å². The van der Waals surface area contributed by atoms with Crippen LogP contribution < -0.4 is 10.1 Å². The van der Waals surface area contributed by atoms with Gasteiger partial charge < -0.3 is 19.5 Å². The fourth-order valence-corrected chi connectivity index (χ4v) is 6.15. The number of carbonyl (C=O) groups excluding carboxylic acids is 1. The molecule has 1 N–H and O–H groups in total. The highest BCUT2D eigenvalue weighted by atomic mass is 35.5. The SMILES string of the molecule is COc1nc(-c2cccc(-c3cccc(NC(=O)c4nc5c(n4C)CCN(C)C5)c3Cl)c2C)ccc1CN1CC(F)C1. The van der Waals surface area contributed by atoms with Crippen molar-refractivity contribution in [2.75, 3.05) is 39.1 Å². The number of carbonyl (C=O) groups is 1. The summed E-state index contributed by atoms with van der Waals surface area (Å²) in [6.07, 6.45) is 0.102. The van der Waals surface area contributed by atoms with Crippen molar-refractivity contribution in [3.63, 3.8) is 0 Å². The summed E-state index contributed by atoms with van der Waals surface area (Å²) >= 11 is 6.94. The molecule has 1 amide bonds. The highest BCUT2D eigenvalue weighted by Crippen LogP contribution is 2.39. The van der Waals surface area contributed by atoms with Crippen LogP contribution in [0.2, 0.25) is 5.02 Å². The van der Waals surface area contributed by atoms with Crippen molar-refractivity contribution >= 4 is 23.2 Å². The van der Waals surface area contributed by atoms with E-state index in [0.29, 0.717) is 42.0 Å². The summed E-state index contributed by atoms with van der Waals surface area (Å²) in [7, 11) is 5.54. The first kappa shape index (κ1) is 28.3. The Morgan fingerprint density at radius 2 is 1.81 bits per heavy atom. The number of halogens is 2. The van der Waals surface area contributed by atoms with Crippen LogP contribution in [0.25, 0.3) is 22.4 Å². The molecular formula is C32H34ClFN6O2. The number of fused-ring (bicyclic) bond motifs is 1. The molecule has 6 rings (SSSR count). The maximum Gasteiger partial charge on any atom is 0.291 e. The molecule has 2 aliphatic rings. The van der Waals surface area contributed by atoms with Gasteiger partial charge in [0.05, 0.1) is 29.2 Å². The third-order valence-corrected chi connectivity index (χ3v) is 8.64. The number of rotatable bonds is 7. The van der Waals surface area contributed by atoms with Gasteiger partial charge in [-0.05, 0) is 37.2 Å². The minimum atomic E-state index is -0.755. The molecule has 1 saturated heterocycles. The normalized spacial score (nSPS) is 15.8. The fourth-order valence-electron chi connectivity index (χ4n) is 5.87. The fraction of sp³-hybridized carbons (Fsp3) is 0.344. The number of methoxy groups -OCH3 is 1. The Labute approximate surface area is 250 Å². The molecule has 0 radical (unpaired) electrons. The van der Waals surface area contributed by atoms with Gasteiger partial charge in [-0.1, -0.05) is 48.0 Å². The number of ether oxygens (including phenoxy) is 1. The maximum atomic E-state index is 13.3. The Kier molecular flexibility index (Phi) is 7.74. The van der Waals surface area contributed by atoms with E-state index in [0.717, 1.165) is 64.4 Å². The Morgan fingerprint density at radius 3 is 2.57 bits per heavy atom. The number of pyridine rings is 1. The summed E-state index contributed by atoms with van der Waals surface area (Å²) in [4.78, 5) is 27.0. The van der Waals surface area contributed by atoms with Crippen LogP contribution in [0.4, 0.5) is 10.1 Å². The number of likely N-dealkylation sites (N-methyl/N-ethyl adjacent to an activating group) is 1. The van der Waals surface area contributed by atoms with Crippen LogP contribution in [-0.4, -0.2) is 70.2 Å². The molecule has 4 aromatic rings. The Hall–Kier alpha value is -3.79. The van der Waals surface area contributed by atoms with Crippen LogP contribution in [0, 0.1) is 6.92 Å². The minimum Gasteiger partial charge on any atom is -0.481 e. The Balaban J connectivity index is 1.27. The van der Waals surface area contributed by atoms with Gasteiger partial charge in [-0.3, -0.25) is 9.69 Å². The molecule has 0 atom stereocenters. The van der Waals surface area contributed by atoms with Gasteiger partial charge in [0, 0.05) is 68.6 Å². The molecule has 42 heavy (non-hydrogen) atoms. The quantitative estimate of drug-likeness (QED) is 0.307. The van der Waals surface area contributed by atoms with E-state index in [9.17, 15) is 9.18 Å². The van der Waals surface area contributed by atoms with E-state index in [1.165, 1.54) is 0 Å². The highest BCUT2D eigenvalue weighted by molar-refractivity contribution is 6.36. The predicted octanol–water partition coefficient (Wildman–Crippen LogP) is 5.51. The largest absolute Gasteiger partial charge is 0.481 e. The number of anilines is 1. The average molecular weight is 589 g/mol. The molecule has 2 aromatic carbocycles. The van der Waals surface area contributed by atoms with E-state index >= 15 is 0 Å². The van der Waals surface area contributed by atoms with Gasteiger partial charge in [0.15, 0.2) is 5.82 Å². The number of benzene rings is 2. The second-order valence-corrected chi connectivity index (χ2v) is 11.5. The lowest BCUT2D eigenvalue weighted by atomic mass is 9.94. The first-order valence-electron chi connectivity index (χ1n) is 14.1. The summed E-state index contributed by atoms with van der Waals surface area (Å²) in [6, 6.07) is 15.6. The monoisotopic (exact) mass is 588 g/mol. The number of likely N-dealkylation sites (tertiary alicyclic amines) is 1. The van der Waals surface area contributed by atoms with Crippen molar-refractivity contribution in [2.45, 2.75) is 32.6 Å². The molecule has 10 heteroatoms. The van der Waals surface area contributed by atoms with Crippen molar-refractivity contribution in [3.8, 4) is 28.3 Å². The van der Waals surface area contributed by atoms with E-state index in [1.54, 1.807) is 13.2 Å². The van der Waals surface area contributed by atoms with Crippen LogP contribution in [0.3, 0.4) is 0 Å². The van der Waals surface area contributed by atoms with Gasteiger partial charge in [0.25, 0.3) is 5.91 Å². The number of hydrogen-bond donors (Lipinski definition) is 1. The van der Waals surface area contributed by atoms with Crippen molar-refractivity contribution in [3.05, 3.63) is 81.9 Å². The lowest BCUT2D eigenvalue weighted by molar-refractivity contribution is 0.0583. The number of imidazole rings is 1. The zero-order valence-electron chi connectivity index (χ0n) is 24.2. The average Bonchev–Trinajstić information content (AvgIpc) is 3.29. The number of hydrogen-bond acceptors (Lipinski definition) is 6. The van der Waals surface area contributed by atoms with Crippen LogP contribution in [0.1, 0.15) is 33.1 Å². The van der Waals surface area contributed by atoms with Crippen molar-refractivity contribution < 1.29 is 13.9 Å². The number of nitrogens with zero attached hydrogens (tertiary/aromatic N) is 5. The number of nitrogens with one attached hydrogen (secondary N) is 1. The molecule has 0 unspecified atom stereocenters. The second-order valence-electron chi connectivity index (χ2n) is 11.1. The van der Waals surface area contributed by atoms with E-state index in [4.69, 9.17) is 21.3 Å². The first-order valence-corrected chi connectivity index (χ1v) is 14.4. The van der Waals surface area contributed by atoms with Gasteiger partial charge in [0.1, 0.15) is 6.17 Å². The molecule has 0 spiro atoms. The van der Waals surface area contributed by atoms with Gasteiger partial charge in [-0.2, -0.15) is 0 Å². The lowest BCUT2D eigenvalue weighted by Crippen LogP contribution is -2.47. The molecule has 4 heterocycles. The smallest absolute Gasteiger partial charge is 0.291 e. The maximum absolute atomic E-state index is 13.3. The molecule has 0 bridgehead atoms. The molecular weight excluding hydrogens is 555 g/mol. The standard InChI is InChI=1S/C32H34ClFN6O2/c1-19-22(7-5-8-23(19)25-12-11-20(32(37-25)42-4)15-40-16-21(34)17-40)24-9-6-10-26(29(24)33)36-31(41)30-35-27-18-38(2)14-13-28(27)39(30)3/h5-12,21H,13-18H2,1-4H3,(H,36,41). The number of alkyl halides is 1. The predicted molar refractivity (Wildman–Crippen MR) is 163 cm³/mol. The van der Waals surface area contributed by atoms with Gasteiger partial charge in [-0.15, -0.1) is 0 Å². The van der Waals surface area contributed by atoms with Crippen molar-refractivity contribution in [1.82, 2.24) is 24.3 Å². The van der Waals surface area contributed by atoms with E-state index < -0.39 is 6.17 Å². The van der Waals surface area contributed by atoms with E-state index in [1.807, 2.05) is 65.9 Å². The van der Waals surface area contributed by atoms with Gasteiger partial charge in [-0.25, -0.2) is 14.4 Å². The van der Waals surface area contributed by atoms with Gasteiger partial charge >= 0.3 is 0 Å². The van der Waals surface area contributed by atoms with Crippen LogP contribution >= 0.6 is 11.6 Å². The molecule has 0 saturated carbocycles. The van der Waals surface area contributed by atoms with Crippen molar-refractivity contribution in [1.29, 1.82) is 0 Å². The van der Waals surface area contributed by atoms with Crippen molar-refractivity contribution in [2.24, 2.45) is 7.05 Å².